The number of rotatable bonds is 4. The van der Waals surface area contributed by atoms with Gasteiger partial charge in [-0.3, -0.25) is 4.79 Å². The second-order valence-corrected chi connectivity index (χ2v) is 6.21. The van der Waals surface area contributed by atoms with Crippen molar-refractivity contribution in [2.24, 2.45) is 17.1 Å². The molecule has 0 aromatic heterocycles. The summed E-state index contributed by atoms with van der Waals surface area (Å²) in [4.78, 5) is 14.3. The Morgan fingerprint density at radius 3 is 2.76 bits per heavy atom. The molecular formula is C13H27N3O. The molecule has 1 aliphatic heterocycles. The molecule has 100 valence electrons. The van der Waals surface area contributed by atoms with Crippen LogP contribution in [0.1, 0.15) is 33.6 Å². The molecule has 0 bridgehead atoms. The second-order valence-electron chi connectivity index (χ2n) is 6.21. The summed E-state index contributed by atoms with van der Waals surface area (Å²) in [5.41, 5.74) is 5.69. The van der Waals surface area contributed by atoms with E-state index in [9.17, 15) is 4.79 Å². The molecule has 1 rings (SSSR count). The molecular weight excluding hydrogens is 214 g/mol. The van der Waals surface area contributed by atoms with Crippen LogP contribution in [0.25, 0.3) is 0 Å². The van der Waals surface area contributed by atoms with Gasteiger partial charge in [-0.25, -0.2) is 0 Å². The van der Waals surface area contributed by atoms with Crippen LogP contribution in [0, 0.1) is 11.3 Å². The lowest BCUT2D eigenvalue weighted by atomic mass is 9.92. The van der Waals surface area contributed by atoms with Crippen molar-refractivity contribution < 1.29 is 4.79 Å². The fourth-order valence-electron chi connectivity index (χ4n) is 2.42. The van der Waals surface area contributed by atoms with Crippen LogP contribution in [0.5, 0.6) is 0 Å². The van der Waals surface area contributed by atoms with Gasteiger partial charge in [0.15, 0.2) is 0 Å². The van der Waals surface area contributed by atoms with Crippen molar-refractivity contribution in [3.63, 3.8) is 0 Å². The van der Waals surface area contributed by atoms with Crippen molar-refractivity contribution in [1.82, 2.24) is 10.2 Å². The standard InChI is InChI=1S/C13H27N3O/c1-13(2,3)10-16-8-4-5-11(9-16)12(17)15-7-6-14/h11H,4-10,14H2,1-3H3,(H,15,17). The number of nitrogens with one attached hydrogen (secondary N) is 1. The normalized spacial score (nSPS) is 22.5. The van der Waals surface area contributed by atoms with Gasteiger partial charge in [-0.05, 0) is 24.8 Å². The molecule has 0 radical (unpaired) electrons. The zero-order chi connectivity index (χ0) is 12.9. The lowest BCUT2D eigenvalue weighted by molar-refractivity contribution is -0.126. The van der Waals surface area contributed by atoms with E-state index in [1.807, 2.05) is 0 Å². The highest BCUT2D eigenvalue weighted by molar-refractivity contribution is 5.78. The van der Waals surface area contributed by atoms with Crippen molar-refractivity contribution in [1.29, 1.82) is 0 Å². The van der Waals surface area contributed by atoms with Crippen molar-refractivity contribution >= 4 is 5.91 Å². The number of carbonyl (C=O) groups excluding carboxylic acids is 1. The molecule has 1 unspecified atom stereocenters. The summed E-state index contributed by atoms with van der Waals surface area (Å²) in [6.07, 6.45) is 2.13. The number of hydrogen-bond acceptors (Lipinski definition) is 3. The Morgan fingerprint density at radius 1 is 1.47 bits per heavy atom. The third-order valence-corrected chi connectivity index (χ3v) is 3.02. The number of piperidine rings is 1. The van der Waals surface area contributed by atoms with E-state index in [4.69, 9.17) is 5.73 Å². The van der Waals surface area contributed by atoms with E-state index in [0.29, 0.717) is 18.5 Å². The Kier molecular flexibility index (Phi) is 5.40. The molecule has 0 aliphatic carbocycles. The predicted molar refractivity (Wildman–Crippen MR) is 70.7 cm³/mol. The SMILES string of the molecule is CC(C)(C)CN1CCCC(C(=O)NCCN)C1. The average molecular weight is 241 g/mol. The maximum atomic E-state index is 11.9. The summed E-state index contributed by atoms with van der Waals surface area (Å²) in [6.45, 7) is 10.9. The van der Waals surface area contributed by atoms with E-state index in [2.05, 4.69) is 31.0 Å². The van der Waals surface area contributed by atoms with Crippen LogP contribution >= 0.6 is 0 Å². The molecule has 4 heteroatoms. The molecule has 0 saturated carbocycles. The minimum Gasteiger partial charge on any atom is -0.355 e. The number of hydrogen-bond donors (Lipinski definition) is 2. The monoisotopic (exact) mass is 241 g/mol. The molecule has 0 spiro atoms. The van der Waals surface area contributed by atoms with E-state index < -0.39 is 0 Å². The Balaban J connectivity index is 2.40. The highest BCUT2D eigenvalue weighted by atomic mass is 16.1. The minimum atomic E-state index is 0.151. The van der Waals surface area contributed by atoms with Crippen LogP contribution in [0.4, 0.5) is 0 Å². The fourth-order valence-corrected chi connectivity index (χ4v) is 2.42. The van der Waals surface area contributed by atoms with Crippen LogP contribution in [0.3, 0.4) is 0 Å². The molecule has 1 heterocycles. The van der Waals surface area contributed by atoms with Crippen molar-refractivity contribution in [3.05, 3.63) is 0 Å². The minimum absolute atomic E-state index is 0.151. The van der Waals surface area contributed by atoms with E-state index in [1.165, 1.54) is 0 Å². The van der Waals surface area contributed by atoms with Gasteiger partial charge in [-0.15, -0.1) is 0 Å². The fraction of sp³-hybridized carbons (Fsp3) is 0.923. The van der Waals surface area contributed by atoms with Crippen molar-refractivity contribution in [3.8, 4) is 0 Å². The van der Waals surface area contributed by atoms with Gasteiger partial charge in [-0.1, -0.05) is 20.8 Å². The predicted octanol–water partition coefficient (Wildman–Crippen LogP) is 0.819. The first-order chi connectivity index (χ1) is 7.92. The molecule has 0 aromatic rings. The number of likely N-dealkylation sites (tertiary alicyclic amines) is 1. The molecule has 17 heavy (non-hydrogen) atoms. The first-order valence-electron chi connectivity index (χ1n) is 6.62. The van der Waals surface area contributed by atoms with Gasteiger partial charge in [0.25, 0.3) is 0 Å². The van der Waals surface area contributed by atoms with E-state index >= 15 is 0 Å². The molecule has 1 atom stereocenters. The topological polar surface area (TPSA) is 58.4 Å². The van der Waals surface area contributed by atoms with Gasteiger partial charge >= 0.3 is 0 Å². The van der Waals surface area contributed by atoms with E-state index in [0.717, 1.165) is 32.5 Å². The van der Waals surface area contributed by atoms with Gasteiger partial charge in [0.2, 0.25) is 5.91 Å². The molecule has 1 amide bonds. The molecule has 0 aromatic carbocycles. The number of carbonyl (C=O) groups is 1. The van der Waals surface area contributed by atoms with Gasteiger partial charge in [0.05, 0.1) is 5.92 Å². The Bertz CT molecular complexity index is 248. The third-order valence-electron chi connectivity index (χ3n) is 3.02. The summed E-state index contributed by atoms with van der Waals surface area (Å²) in [5, 5.41) is 2.89. The van der Waals surface area contributed by atoms with Gasteiger partial charge in [0, 0.05) is 26.2 Å². The molecule has 1 aliphatic rings. The molecule has 4 nitrogen and oxygen atoms in total. The van der Waals surface area contributed by atoms with Crippen LogP contribution in [-0.4, -0.2) is 43.5 Å². The number of amides is 1. The van der Waals surface area contributed by atoms with Crippen molar-refractivity contribution in [2.75, 3.05) is 32.7 Å². The van der Waals surface area contributed by atoms with Gasteiger partial charge < -0.3 is 16.0 Å². The molecule has 3 N–H and O–H groups in total. The lowest BCUT2D eigenvalue weighted by Crippen LogP contribution is -2.46. The zero-order valence-corrected chi connectivity index (χ0v) is 11.5. The maximum Gasteiger partial charge on any atom is 0.224 e. The summed E-state index contributed by atoms with van der Waals surface area (Å²) >= 11 is 0. The Hall–Kier alpha value is -0.610. The van der Waals surface area contributed by atoms with Crippen LogP contribution < -0.4 is 11.1 Å². The quantitative estimate of drug-likeness (QED) is 0.766. The summed E-state index contributed by atoms with van der Waals surface area (Å²) < 4.78 is 0. The summed E-state index contributed by atoms with van der Waals surface area (Å²) in [5.74, 6) is 0.326. The summed E-state index contributed by atoms with van der Waals surface area (Å²) in [6, 6.07) is 0. The Labute approximate surface area is 105 Å². The molecule has 1 fully saturated rings. The highest BCUT2D eigenvalue weighted by Gasteiger charge is 2.27. The first kappa shape index (κ1) is 14.5. The third kappa shape index (κ3) is 5.50. The van der Waals surface area contributed by atoms with Gasteiger partial charge in [0.1, 0.15) is 0 Å². The summed E-state index contributed by atoms with van der Waals surface area (Å²) in [7, 11) is 0. The highest BCUT2D eigenvalue weighted by Crippen LogP contribution is 2.21. The number of nitrogens with two attached hydrogens (primary N) is 1. The second kappa shape index (κ2) is 6.36. The maximum absolute atomic E-state index is 11.9. The zero-order valence-electron chi connectivity index (χ0n) is 11.5. The average Bonchev–Trinajstić information content (AvgIpc) is 2.24. The van der Waals surface area contributed by atoms with E-state index in [-0.39, 0.29) is 11.8 Å². The van der Waals surface area contributed by atoms with Crippen LogP contribution in [0.2, 0.25) is 0 Å². The van der Waals surface area contributed by atoms with Crippen molar-refractivity contribution in [2.45, 2.75) is 33.6 Å². The largest absolute Gasteiger partial charge is 0.355 e. The van der Waals surface area contributed by atoms with Gasteiger partial charge in [-0.2, -0.15) is 0 Å². The molecule has 1 saturated heterocycles. The number of nitrogens with zero attached hydrogens (tertiary/aromatic N) is 1. The van der Waals surface area contributed by atoms with E-state index in [1.54, 1.807) is 0 Å². The first-order valence-corrected chi connectivity index (χ1v) is 6.62. The Morgan fingerprint density at radius 2 is 2.18 bits per heavy atom. The lowest BCUT2D eigenvalue weighted by Gasteiger charge is -2.36. The van der Waals surface area contributed by atoms with Crippen LogP contribution in [0.15, 0.2) is 0 Å². The smallest absolute Gasteiger partial charge is 0.224 e. The van der Waals surface area contributed by atoms with Crippen LogP contribution in [-0.2, 0) is 4.79 Å².